The molecule has 1 aromatic heterocycles. The first-order valence-electron chi connectivity index (χ1n) is 7.95. The minimum atomic E-state index is -0.918. The van der Waals surface area contributed by atoms with Crippen molar-refractivity contribution in [3.05, 3.63) is 30.2 Å². The van der Waals surface area contributed by atoms with Crippen molar-refractivity contribution in [1.29, 1.82) is 0 Å². The third-order valence-corrected chi connectivity index (χ3v) is 3.78. The molecule has 1 aromatic carbocycles. The summed E-state index contributed by atoms with van der Waals surface area (Å²) in [5.41, 5.74) is 5.89. The summed E-state index contributed by atoms with van der Waals surface area (Å²) < 4.78 is 10.5. The smallest absolute Gasteiger partial charge is 0.249 e. The van der Waals surface area contributed by atoms with E-state index in [-0.39, 0.29) is 5.91 Å². The molecule has 7 nitrogen and oxygen atoms in total. The summed E-state index contributed by atoms with van der Waals surface area (Å²) in [5.74, 6) is 1.24. The number of amides is 1. The first-order chi connectivity index (χ1) is 11.4. The molecule has 0 radical (unpaired) electrons. The molecule has 2 aromatic rings. The monoisotopic (exact) mass is 332 g/mol. The van der Waals surface area contributed by atoms with Crippen LogP contribution in [-0.2, 0) is 4.79 Å². The summed E-state index contributed by atoms with van der Waals surface area (Å²) in [6, 6.07) is 6.93. The van der Waals surface area contributed by atoms with Gasteiger partial charge in [-0.25, -0.2) is 0 Å². The Balaban J connectivity index is 2.11. The molecular formula is C17H24N4O3. The molecule has 0 saturated carbocycles. The van der Waals surface area contributed by atoms with Gasteiger partial charge in [0.05, 0.1) is 12.6 Å². The molecule has 1 amide bonds. The van der Waals surface area contributed by atoms with Crippen LogP contribution in [0.2, 0.25) is 0 Å². The number of carbonyl (C=O) groups is 1. The zero-order valence-corrected chi connectivity index (χ0v) is 14.5. The molecule has 2 atom stereocenters. The second-order valence-corrected chi connectivity index (χ2v) is 6.05. The first kappa shape index (κ1) is 17.9. The minimum Gasteiger partial charge on any atom is -0.497 e. The average molecular weight is 332 g/mol. The van der Waals surface area contributed by atoms with Crippen LogP contribution in [0.5, 0.6) is 5.75 Å². The van der Waals surface area contributed by atoms with Crippen molar-refractivity contribution in [3.8, 4) is 17.1 Å². The van der Waals surface area contributed by atoms with Crippen LogP contribution >= 0.6 is 0 Å². The standard InChI is InChI=1S/C17H24N4O3/c1-5-9-17(3,18)16(22)19-11(2)15-20-14(21-24-15)12-7-6-8-13(10-12)23-4/h6-8,10-11H,5,9,18H2,1-4H3,(H,19,22). The topological polar surface area (TPSA) is 103 Å². The SMILES string of the molecule is CCCC(C)(N)C(=O)NC(C)c1nc(-c2cccc(OC)c2)no1. The molecule has 3 N–H and O–H groups in total. The summed E-state index contributed by atoms with van der Waals surface area (Å²) in [6.07, 6.45) is 1.43. The highest BCUT2D eigenvalue weighted by atomic mass is 16.5. The van der Waals surface area contributed by atoms with Crippen molar-refractivity contribution in [2.24, 2.45) is 5.73 Å². The fourth-order valence-corrected chi connectivity index (χ4v) is 2.35. The van der Waals surface area contributed by atoms with Crippen molar-refractivity contribution in [2.75, 3.05) is 7.11 Å². The van der Waals surface area contributed by atoms with Gasteiger partial charge in [0.15, 0.2) is 0 Å². The number of benzene rings is 1. The van der Waals surface area contributed by atoms with Crippen LogP contribution in [0.3, 0.4) is 0 Å². The zero-order valence-electron chi connectivity index (χ0n) is 14.5. The van der Waals surface area contributed by atoms with Crippen LogP contribution in [0.15, 0.2) is 28.8 Å². The molecule has 2 unspecified atom stereocenters. The Morgan fingerprint density at radius 3 is 2.92 bits per heavy atom. The second kappa shape index (κ2) is 7.44. The van der Waals surface area contributed by atoms with Crippen molar-refractivity contribution in [3.63, 3.8) is 0 Å². The van der Waals surface area contributed by atoms with Crippen molar-refractivity contribution < 1.29 is 14.1 Å². The summed E-state index contributed by atoms with van der Waals surface area (Å²) in [5, 5.41) is 6.79. The van der Waals surface area contributed by atoms with Gasteiger partial charge in [0.1, 0.15) is 11.8 Å². The van der Waals surface area contributed by atoms with Gasteiger partial charge in [-0.15, -0.1) is 0 Å². The molecular weight excluding hydrogens is 308 g/mol. The number of ether oxygens (including phenoxy) is 1. The number of carbonyl (C=O) groups excluding carboxylic acids is 1. The minimum absolute atomic E-state index is 0.238. The lowest BCUT2D eigenvalue weighted by Gasteiger charge is -2.24. The van der Waals surface area contributed by atoms with Crippen molar-refractivity contribution >= 4 is 5.91 Å². The Bertz CT molecular complexity index is 697. The molecule has 130 valence electrons. The van der Waals surface area contributed by atoms with E-state index in [2.05, 4.69) is 15.5 Å². The quantitative estimate of drug-likeness (QED) is 0.807. The van der Waals surface area contributed by atoms with Crippen LogP contribution in [-0.4, -0.2) is 28.7 Å². The molecule has 0 aliphatic carbocycles. The third kappa shape index (κ3) is 4.11. The summed E-state index contributed by atoms with van der Waals surface area (Å²) in [7, 11) is 1.60. The number of nitrogens with one attached hydrogen (secondary N) is 1. The number of methoxy groups -OCH3 is 1. The maximum Gasteiger partial charge on any atom is 0.249 e. The summed E-state index contributed by atoms with van der Waals surface area (Å²) in [6.45, 7) is 5.48. The highest BCUT2D eigenvalue weighted by molar-refractivity contribution is 5.85. The molecule has 7 heteroatoms. The van der Waals surface area contributed by atoms with E-state index in [1.54, 1.807) is 21.0 Å². The van der Waals surface area contributed by atoms with E-state index in [1.165, 1.54) is 0 Å². The van der Waals surface area contributed by atoms with Gasteiger partial charge in [-0.3, -0.25) is 4.79 Å². The van der Waals surface area contributed by atoms with Crippen LogP contribution in [0.4, 0.5) is 0 Å². The van der Waals surface area contributed by atoms with E-state index in [1.807, 2.05) is 31.2 Å². The fourth-order valence-electron chi connectivity index (χ4n) is 2.35. The number of hydrogen-bond donors (Lipinski definition) is 2. The van der Waals surface area contributed by atoms with Crippen LogP contribution in [0.25, 0.3) is 11.4 Å². The Kier molecular flexibility index (Phi) is 5.56. The van der Waals surface area contributed by atoms with Gasteiger partial charge in [-0.05, 0) is 32.4 Å². The lowest BCUT2D eigenvalue weighted by molar-refractivity contribution is -0.126. The lowest BCUT2D eigenvalue weighted by atomic mass is 9.96. The molecule has 2 rings (SSSR count). The van der Waals surface area contributed by atoms with Crippen LogP contribution in [0, 0.1) is 0 Å². The van der Waals surface area contributed by atoms with Gasteiger partial charge >= 0.3 is 0 Å². The summed E-state index contributed by atoms with van der Waals surface area (Å²) >= 11 is 0. The van der Waals surface area contributed by atoms with E-state index >= 15 is 0 Å². The van der Waals surface area contributed by atoms with Crippen LogP contribution in [0.1, 0.15) is 45.5 Å². The predicted octanol–water partition coefficient (Wildman–Crippen LogP) is 2.44. The largest absolute Gasteiger partial charge is 0.497 e. The van der Waals surface area contributed by atoms with E-state index in [9.17, 15) is 4.79 Å². The zero-order chi connectivity index (χ0) is 17.7. The lowest BCUT2D eigenvalue weighted by Crippen LogP contribution is -2.52. The van der Waals surface area contributed by atoms with Gasteiger partial charge in [0.2, 0.25) is 17.6 Å². The van der Waals surface area contributed by atoms with Gasteiger partial charge < -0.3 is 20.3 Å². The highest BCUT2D eigenvalue weighted by Gasteiger charge is 2.29. The molecule has 1 heterocycles. The Morgan fingerprint density at radius 2 is 2.25 bits per heavy atom. The van der Waals surface area contributed by atoms with Crippen molar-refractivity contribution in [1.82, 2.24) is 15.5 Å². The summed E-state index contributed by atoms with van der Waals surface area (Å²) in [4.78, 5) is 16.6. The van der Waals surface area contributed by atoms with Gasteiger partial charge in [0, 0.05) is 5.56 Å². The average Bonchev–Trinajstić information content (AvgIpc) is 3.05. The van der Waals surface area contributed by atoms with Gasteiger partial charge in [-0.2, -0.15) is 4.98 Å². The van der Waals surface area contributed by atoms with E-state index in [0.717, 1.165) is 12.0 Å². The molecule has 0 aliphatic heterocycles. The number of nitrogens with two attached hydrogens (primary N) is 1. The molecule has 0 saturated heterocycles. The first-order valence-corrected chi connectivity index (χ1v) is 7.95. The number of nitrogens with zero attached hydrogens (tertiary/aromatic N) is 2. The third-order valence-electron chi connectivity index (χ3n) is 3.78. The second-order valence-electron chi connectivity index (χ2n) is 6.05. The molecule has 0 spiro atoms. The van der Waals surface area contributed by atoms with Gasteiger partial charge in [-0.1, -0.05) is 30.6 Å². The van der Waals surface area contributed by atoms with Crippen LogP contribution < -0.4 is 15.8 Å². The fraction of sp³-hybridized carbons (Fsp3) is 0.471. The molecule has 0 aliphatic rings. The van der Waals surface area contributed by atoms with Gasteiger partial charge in [0.25, 0.3) is 0 Å². The Hall–Kier alpha value is -2.41. The van der Waals surface area contributed by atoms with E-state index < -0.39 is 11.6 Å². The number of aromatic nitrogens is 2. The Morgan fingerprint density at radius 1 is 1.50 bits per heavy atom. The molecule has 0 fully saturated rings. The molecule has 24 heavy (non-hydrogen) atoms. The predicted molar refractivity (Wildman–Crippen MR) is 90.3 cm³/mol. The van der Waals surface area contributed by atoms with E-state index in [0.29, 0.717) is 23.9 Å². The number of rotatable bonds is 7. The normalized spacial score (nSPS) is 14.7. The van der Waals surface area contributed by atoms with E-state index in [4.69, 9.17) is 15.0 Å². The maximum absolute atomic E-state index is 12.3. The maximum atomic E-state index is 12.3. The Labute approximate surface area is 141 Å². The molecule has 0 bridgehead atoms. The number of hydrogen-bond acceptors (Lipinski definition) is 6. The highest BCUT2D eigenvalue weighted by Crippen LogP contribution is 2.23. The van der Waals surface area contributed by atoms with Crippen molar-refractivity contribution in [2.45, 2.75) is 45.2 Å².